The van der Waals surface area contributed by atoms with E-state index < -0.39 is 0 Å². The zero-order valence-corrected chi connectivity index (χ0v) is 8.21. The zero-order chi connectivity index (χ0) is 10.3. The molecule has 74 valence electrons. The largest absolute Gasteiger partial charge is 0.352 e. The highest BCUT2D eigenvalue weighted by atomic mass is 16.1. The molecule has 0 aliphatic heterocycles. The van der Waals surface area contributed by atoms with E-state index in [1.807, 2.05) is 19.9 Å². The van der Waals surface area contributed by atoms with Crippen LogP contribution in [0, 0.1) is 17.2 Å². The maximum Gasteiger partial charge on any atom is 0.224 e. The maximum atomic E-state index is 11.4. The first-order valence-electron chi connectivity index (χ1n) is 4.53. The van der Waals surface area contributed by atoms with Gasteiger partial charge in [0.15, 0.2) is 0 Å². The third-order valence-corrected chi connectivity index (χ3v) is 1.93. The van der Waals surface area contributed by atoms with E-state index in [4.69, 9.17) is 11.0 Å². The lowest BCUT2D eigenvalue weighted by Crippen LogP contribution is -2.39. The number of nitrogens with two attached hydrogens (primary N) is 1. The van der Waals surface area contributed by atoms with Crippen molar-refractivity contribution < 1.29 is 4.79 Å². The summed E-state index contributed by atoms with van der Waals surface area (Å²) in [6.07, 6.45) is 1.08. The molecule has 0 aromatic rings. The van der Waals surface area contributed by atoms with Gasteiger partial charge in [0, 0.05) is 18.5 Å². The number of carbonyl (C=O) groups is 1. The van der Waals surface area contributed by atoms with Crippen LogP contribution in [0.2, 0.25) is 0 Å². The Bertz CT molecular complexity index is 194. The van der Waals surface area contributed by atoms with Crippen molar-refractivity contribution in [3.8, 4) is 6.07 Å². The molecule has 13 heavy (non-hydrogen) atoms. The molecule has 0 fully saturated rings. The normalized spacial score (nSPS) is 14.3. The van der Waals surface area contributed by atoms with Gasteiger partial charge < -0.3 is 11.1 Å². The van der Waals surface area contributed by atoms with Gasteiger partial charge in [-0.05, 0) is 13.3 Å². The van der Waals surface area contributed by atoms with Crippen molar-refractivity contribution in [2.75, 3.05) is 6.54 Å². The summed E-state index contributed by atoms with van der Waals surface area (Å²) in [5, 5.41) is 11.1. The van der Waals surface area contributed by atoms with Gasteiger partial charge in [-0.25, -0.2) is 0 Å². The van der Waals surface area contributed by atoms with Crippen molar-refractivity contribution in [3.63, 3.8) is 0 Å². The summed E-state index contributed by atoms with van der Waals surface area (Å²) < 4.78 is 0. The van der Waals surface area contributed by atoms with Crippen molar-refractivity contribution >= 4 is 5.91 Å². The van der Waals surface area contributed by atoms with E-state index >= 15 is 0 Å². The second-order valence-corrected chi connectivity index (χ2v) is 3.11. The van der Waals surface area contributed by atoms with Gasteiger partial charge in [-0.15, -0.1) is 0 Å². The third kappa shape index (κ3) is 4.48. The Hall–Kier alpha value is -1.08. The number of hydrogen-bond acceptors (Lipinski definition) is 3. The SMILES string of the molecule is CCC(CN)C(=O)NC(C)CC#N. The first kappa shape index (κ1) is 11.9. The average molecular weight is 183 g/mol. The lowest BCUT2D eigenvalue weighted by molar-refractivity contribution is -0.125. The lowest BCUT2D eigenvalue weighted by Gasteiger charge is -2.15. The minimum absolute atomic E-state index is 0.0484. The molecule has 0 spiro atoms. The highest BCUT2D eigenvalue weighted by Crippen LogP contribution is 2.01. The van der Waals surface area contributed by atoms with Gasteiger partial charge in [0.05, 0.1) is 12.5 Å². The average Bonchev–Trinajstić information content (AvgIpc) is 2.06. The molecule has 0 radical (unpaired) electrons. The van der Waals surface area contributed by atoms with Crippen LogP contribution in [0.1, 0.15) is 26.7 Å². The highest BCUT2D eigenvalue weighted by molar-refractivity contribution is 5.79. The second-order valence-electron chi connectivity index (χ2n) is 3.11. The number of nitrogens with one attached hydrogen (secondary N) is 1. The molecule has 4 nitrogen and oxygen atoms in total. The number of hydrogen-bond donors (Lipinski definition) is 2. The van der Waals surface area contributed by atoms with Gasteiger partial charge in [0.2, 0.25) is 5.91 Å². The zero-order valence-electron chi connectivity index (χ0n) is 8.21. The predicted octanol–water partition coefficient (Wildman–Crippen LogP) is 0.390. The number of nitrogens with zero attached hydrogens (tertiary/aromatic N) is 1. The molecule has 0 saturated heterocycles. The van der Waals surface area contributed by atoms with Crippen LogP contribution in [-0.4, -0.2) is 18.5 Å². The Morgan fingerprint density at radius 3 is 2.69 bits per heavy atom. The van der Waals surface area contributed by atoms with Crippen LogP contribution in [-0.2, 0) is 4.79 Å². The lowest BCUT2D eigenvalue weighted by atomic mass is 10.1. The summed E-state index contributed by atoms with van der Waals surface area (Å²) in [5.41, 5.74) is 5.41. The van der Waals surface area contributed by atoms with E-state index in [1.54, 1.807) is 0 Å². The standard InChI is InChI=1S/C9H17N3O/c1-3-8(6-11)9(13)12-7(2)4-5-10/h7-8H,3-4,6,11H2,1-2H3,(H,12,13). The van der Waals surface area contributed by atoms with Crippen LogP contribution in [0.25, 0.3) is 0 Å². The minimum atomic E-state index is -0.124. The van der Waals surface area contributed by atoms with Gasteiger partial charge in [0.1, 0.15) is 0 Å². The molecular weight excluding hydrogens is 166 g/mol. The molecule has 0 rings (SSSR count). The minimum Gasteiger partial charge on any atom is -0.352 e. The molecule has 0 heterocycles. The molecule has 2 unspecified atom stereocenters. The van der Waals surface area contributed by atoms with Gasteiger partial charge in [-0.3, -0.25) is 4.79 Å². The molecule has 0 aromatic heterocycles. The maximum absolute atomic E-state index is 11.4. The molecule has 1 amide bonds. The summed E-state index contributed by atoms with van der Waals surface area (Å²) in [6, 6.07) is 1.92. The van der Waals surface area contributed by atoms with E-state index in [0.29, 0.717) is 13.0 Å². The topological polar surface area (TPSA) is 78.9 Å². The molecule has 0 aromatic carbocycles. The van der Waals surface area contributed by atoms with Gasteiger partial charge in [0.25, 0.3) is 0 Å². The summed E-state index contributed by atoms with van der Waals surface area (Å²) >= 11 is 0. The second kappa shape index (κ2) is 6.44. The van der Waals surface area contributed by atoms with Crippen LogP contribution < -0.4 is 11.1 Å². The molecule has 2 atom stereocenters. The molecule has 0 bridgehead atoms. The van der Waals surface area contributed by atoms with E-state index in [9.17, 15) is 4.79 Å². The van der Waals surface area contributed by atoms with Crippen LogP contribution in [0.3, 0.4) is 0 Å². The van der Waals surface area contributed by atoms with E-state index in [-0.39, 0.29) is 17.9 Å². The fourth-order valence-corrected chi connectivity index (χ4v) is 1.01. The summed E-state index contributed by atoms with van der Waals surface area (Å²) in [7, 11) is 0. The fourth-order valence-electron chi connectivity index (χ4n) is 1.01. The Kier molecular flexibility index (Phi) is 5.90. The monoisotopic (exact) mass is 183 g/mol. The van der Waals surface area contributed by atoms with Crippen LogP contribution in [0.5, 0.6) is 0 Å². The van der Waals surface area contributed by atoms with Crippen molar-refractivity contribution in [2.24, 2.45) is 11.7 Å². The fraction of sp³-hybridized carbons (Fsp3) is 0.778. The Morgan fingerprint density at radius 1 is 1.69 bits per heavy atom. The number of nitriles is 1. The number of amides is 1. The first-order valence-corrected chi connectivity index (χ1v) is 4.53. The van der Waals surface area contributed by atoms with Gasteiger partial charge in [-0.2, -0.15) is 5.26 Å². The van der Waals surface area contributed by atoms with Crippen molar-refractivity contribution in [2.45, 2.75) is 32.7 Å². The van der Waals surface area contributed by atoms with Crippen molar-refractivity contribution in [3.05, 3.63) is 0 Å². The van der Waals surface area contributed by atoms with Crippen LogP contribution >= 0.6 is 0 Å². The molecule has 0 aliphatic carbocycles. The summed E-state index contributed by atoms with van der Waals surface area (Å²) in [5.74, 6) is -0.172. The van der Waals surface area contributed by atoms with E-state index in [2.05, 4.69) is 5.32 Å². The number of rotatable bonds is 5. The van der Waals surface area contributed by atoms with E-state index in [1.165, 1.54) is 0 Å². The van der Waals surface area contributed by atoms with Crippen molar-refractivity contribution in [1.29, 1.82) is 5.26 Å². The summed E-state index contributed by atoms with van der Waals surface area (Å²) in [6.45, 7) is 4.10. The smallest absolute Gasteiger partial charge is 0.224 e. The van der Waals surface area contributed by atoms with Crippen LogP contribution in [0.4, 0.5) is 0 Å². The van der Waals surface area contributed by atoms with Crippen molar-refractivity contribution in [1.82, 2.24) is 5.32 Å². The number of carbonyl (C=O) groups excluding carboxylic acids is 1. The Morgan fingerprint density at radius 2 is 2.31 bits per heavy atom. The first-order chi connectivity index (χ1) is 6.15. The Balaban J connectivity index is 3.91. The molecule has 3 N–H and O–H groups in total. The van der Waals surface area contributed by atoms with Gasteiger partial charge >= 0.3 is 0 Å². The molecule has 0 aliphatic rings. The van der Waals surface area contributed by atoms with Crippen LogP contribution in [0.15, 0.2) is 0 Å². The highest BCUT2D eigenvalue weighted by Gasteiger charge is 2.15. The predicted molar refractivity (Wildman–Crippen MR) is 50.7 cm³/mol. The molecule has 0 saturated carbocycles. The third-order valence-electron chi connectivity index (χ3n) is 1.93. The molecule has 4 heteroatoms. The molecular formula is C9H17N3O. The van der Waals surface area contributed by atoms with E-state index in [0.717, 1.165) is 6.42 Å². The summed E-state index contributed by atoms with van der Waals surface area (Å²) in [4.78, 5) is 11.4. The van der Waals surface area contributed by atoms with Gasteiger partial charge in [-0.1, -0.05) is 6.92 Å². The quantitative estimate of drug-likeness (QED) is 0.647. The Labute approximate surface area is 79.1 Å².